The molecular formula is C24H35N5O7S. The fourth-order valence-corrected chi connectivity index (χ4v) is 4.51. The molecule has 1 aliphatic heterocycles. The number of nitrogens with one attached hydrogen (secondary N) is 2. The zero-order chi connectivity index (χ0) is 27.5. The number of hydrogen-bond acceptors (Lipinski definition) is 8. The zero-order valence-corrected chi connectivity index (χ0v) is 21.5. The topological polar surface area (TPSA) is 205 Å². The Morgan fingerprint density at radius 1 is 1.11 bits per heavy atom. The Morgan fingerprint density at radius 2 is 1.78 bits per heavy atom. The molecule has 37 heavy (non-hydrogen) atoms. The lowest BCUT2D eigenvalue weighted by molar-refractivity contribution is -0.145. The number of carboxylic acids is 1. The van der Waals surface area contributed by atoms with E-state index in [0.717, 1.165) is 0 Å². The minimum absolute atomic E-state index is 0.00236. The van der Waals surface area contributed by atoms with Crippen LogP contribution in [-0.2, 0) is 30.4 Å². The van der Waals surface area contributed by atoms with E-state index in [9.17, 15) is 34.2 Å². The molecule has 0 radical (unpaired) electrons. The van der Waals surface area contributed by atoms with Gasteiger partial charge < -0.3 is 37.2 Å². The normalized spacial score (nSPS) is 17.5. The maximum Gasteiger partial charge on any atom is 0.326 e. The van der Waals surface area contributed by atoms with Crippen LogP contribution in [0.2, 0.25) is 0 Å². The summed E-state index contributed by atoms with van der Waals surface area (Å²) in [5.41, 5.74) is 11.6. The molecule has 8 N–H and O–H groups in total. The van der Waals surface area contributed by atoms with Crippen LogP contribution in [0.1, 0.15) is 37.7 Å². The first-order valence-electron chi connectivity index (χ1n) is 12.0. The average molecular weight is 538 g/mol. The van der Waals surface area contributed by atoms with Crippen molar-refractivity contribution in [3.63, 3.8) is 0 Å². The molecule has 12 nitrogen and oxygen atoms in total. The first-order valence-corrected chi connectivity index (χ1v) is 13.4. The second kappa shape index (κ2) is 14.4. The molecule has 0 spiro atoms. The highest BCUT2D eigenvalue weighted by Crippen LogP contribution is 2.21. The van der Waals surface area contributed by atoms with Gasteiger partial charge in [0.25, 0.3) is 0 Å². The smallest absolute Gasteiger partial charge is 0.326 e. The van der Waals surface area contributed by atoms with Crippen molar-refractivity contribution in [3.05, 3.63) is 29.8 Å². The van der Waals surface area contributed by atoms with Gasteiger partial charge in [0, 0.05) is 19.4 Å². The molecule has 4 atom stereocenters. The van der Waals surface area contributed by atoms with Crippen molar-refractivity contribution >= 4 is 41.4 Å². The van der Waals surface area contributed by atoms with E-state index in [1.165, 1.54) is 28.8 Å². The molecule has 13 heteroatoms. The molecule has 0 aromatic heterocycles. The van der Waals surface area contributed by atoms with Crippen molar-refractivity contribution < 1.29 is 34.2 Å². The molecule has 0 saturated carbocycles. The van der Waals surface area contributed by atoms with Gasteiger partial charge in [-0.3, -0.25) is 19.2 Å². The highest BCUT2D eigenvalue weighted by atomic mass is 32.2. The number of amides is 4. The van der Waals surface area contributed by atoms with E-state index in [1.54, 1.807) is 12.1 Å². The summed E-state index contributed by atoms with van der Waals surface area (Å²) in [5.74, 6) is -2.86. The number of aromatic hydroxyl groups is 1. The van der Waals surface area contributed by atoms with Crippen LogP contribution in [0.25, 0.3) is 0 Å². The minimum Gasteiger partial charge on any atom is -0.508 e. The molecular weight excluding hydrogens is 502 g/mol. The van der Waals surface area contributed by atoms with Crippen molar-refractivity contribution in [1.82, 2.24) is 15.5 Å². The van der Waals surface area contributed by atoms with E-state index in [-0.39, 0.29) is 31.6 Å². The summed E-state index contributed by atoms with van der Waals surface area (Å²) in [4.78, 5) is 63.2. The van der Waals surface area contributed by atoms with Gasteiger partial charge in [0.05, 0.1) is 6.04 Å². The fraction of sp³-hybridized carbons (Fsp3) is 0.542. The first-order chi connectivity index (χ1) is 17.5. The molecule has 1 aromatic rings. The molecule has 1 aromatic carbocycles. The minimum atomic E-state index is -1.23. The van der Waals surface area contributed by atoms with Gasteiger partial charge in [-0.05, 0) is 55.4 Å². The number of hydrogen-bond donors (Lipinski definition) is 6. The lowest BCUT2D eigenvalue weighted by Crippen LogP contribution is -2.57. The Balaban J connectivity index is 2.09. The predicted molar refractivity (Wildman–Crippen MR) is 137 cm³/mol. The van der Waals surface area contributed by atoms with Crippen molar-refractivity contribution in [2.45, 2.75) is 62.7 Å². The molecule has 4 amide bonds. The number of likely N-dealkylation sites (tertiary alicyclic amines) is 1. The summed E-state index contributed by atoms with van der Waals surface area (Å²) >= 11 is 1.49. The number of primary amides is 1. The summed E-state index contributed by atoms with van der Waals surface area (Å²) in [7, 11) is 0. The largest absolute Gasteiger partial charge is 0.508 e. The maximum atomic E-state index is 13.4. The van der Waals surface area contributed by atoms with Crippen LogP contribution in [0.4, 0.5) is 0 Å². The van der Waals surface area contributed by atoms with E-state index >= 15 is 0 Å². The number of nitrogens with zero attached hydrogens (tertiary/aromatic N) is 1. The molecule has 1 fully saturated rings. The lowest BCUT2D eigenvalue weighted by atomic mass is 10.0. The summed E-state index contributed by atoms with van der Waals surface area (Å²) < 4.78 is 0. The number of carboxylic acid groups (broad SMARTS) is 1. The Labute approximate surface area is 219 Å². The quantitative estimate of drug-likeness (QED) is 0.178. The number of thioether (sulfide) groups is 1. The Morgan fingerprint density at radius 3 is 2.38 bits per heavy atom. The highest BCUT2D eigenvalue weighted by molar-refractivity contribution is 7.98. The Kier molecular flexibility index (Phi) is 11.7. The van der Waals surface area contributed by atoms with Crippen molar-refractivity contribution in [3.8, 4) is 5.75 Å². The van der Waals surface area contributed by atoms with Crippen LogP contribution in [0.3, 0.4) is 0 Å². The van der Waals surface area contributed by atoms with Crippen molar-refractivity contribution in [2.75, 3.05) is 18.6 Å². The predicted octanol–water partition coefficient (Wildman–Crippen LogP) is -0.674. The zero-order valence-electron chi connectivity index (χ0n) is 20.7. The SMILES string of the molecule is CSCCC(NC(=O)C(N)CCC(N)=O)C(=O)N1CCCC1C(=O)NC(Cc1ccc(O)cc1)C(=O)O. The molecule has 204 valence electrons. The average Bonchev–Trinajstić information content (AvgIpc) is 3.35. The van der Waals surface area contributed by atoms with Gasteiger partial charge in [0.15, 0.2) is 0 Å². The van der Waals surface area contributed by atoms with Crippen LogP contribution in [-0.4, -0.2) is 87.4 Å². The molecule has 2 rings (SSSR count). The van der Waals surface area contributed by atoms with Crippen molar-refractivity contribution in [1.29, 1.82) is 0 Å². The lowest BCUT2D eigenvalue weighted by Gasteiger charge is -2.30. The Bertz CT molecular complexity index is 975. The van der Waals surface area contributed by atoms with Crippen LogP contribution >= 0.6 is 11.8 Å². The fourth-order valence-electron chi connectivity index (χ4n) is 4.04. The summed E-state index contributed by atoms with van der Waals surface area (Å²) in [6.07, 6.45) is 3.02. The molecule has 1 aliphatic rings. The van der Waals surface area contributed by atoms with Crippen molar-refractivity contribution in [2.24, 2.45) is 11.5 Å². The van der Waals surface area contributed by atoms with Crippen LogP contribution in [0.15, 0.2) is 24.3 Å². The highest BCUT2D eigenvalue weighted by Gasteiger charge is 2.39. The van der Waals surface area contributed by atoms with Gasteiger partial charge >= 0.3 is 5.97 Å². The van der Waals surface area contributed by atoms with E-state index < -0.39 is 53.8 Å². The summed E-state index contributed by atoms with van der Waals surface area (Å²) in [5, 5.41) is 24.2. The number of carbonyl (C=O) groups is 5. The van der Waals surface area contributed by atoms with Gasteiger partial charge in [-0.25, -0.2) is 4.79 Å². The third kappa shape index (κ3) is 9.25. The van der Waals surface area contributed by atoms with Gasteiger partial charge in [-0.15, -0.1) is 0 Å². The Hall–Kier alpha value is -3.32. The monoisotopic (exact) mass is 537 g/mol. The number of rotatable bonds is 14. The van der Waals surface area contributed by atoms with Crippen LogP contribution in [0.5, 0.6) is 5.75 Å². The van der Waals surface area contributed by atoms with E-state index in [1.807, 2.05) is 6.26 Å². The second-order valence-electron chi connectivity index (χ2n) is 8.91. The van der Waals surface area contributed by atoms with Crippen LogP contribution < -0.4 is 22.1 Å². The summed E-state index contributed by atoms with van der Waals surface area (Å²) in [6, 6.07) is 1.92. The standard InChI is InChI=1S/C24H35N5O7S/c1-37-12-10-17(27-21(32)16(25)8-9-20(26)31)23(34)29-11-2-3-19(29)22(33)28-18(24(35)36)13-14-4-6-15(30)7-5-14/h4-7,16-19,30H,2-3,8-13,25H2,1H3,(H2,26,31)(H,27,32)(H,28,33)(H,35,36). The van der Waals surface area contributed by atoms with Gasteiger partial charge in [0.1, 0.15) is 23.9 Å². The second-order valence-corrected chi connectivity index (χ2v) is 9.90. The third-order valence-corrected chi connectivity index (χ3v) is 6.74. The van der Waals surface area contributed by atoms with E-state index in [4.69, 9.17) is 11.5 Å². The molecule has 1 saturated heterocycles. The molecule has 0 bridgehead atoms. The third-order valence-electron chi connectivity index (χ3n) is 6.09. The number of aliphatic carboxylic acids is 1. The maximum absolute atomic E-state index is 13.4. The first kappa shape index (κ1) is 29.9. The summed E-state index contributed by atoms with van der Waals surface area (Å²) in [6.45, 7) is 0.284. The van der Waals surface area contributed by atoms with Crippen LogP contribution in [0, 0.1) is 0 Å². The number of phenols is 1. The number of benzene rings is 1. The number of nitrogens with two attached hydrogens (primary N) is 2. The van der Waals surface area contributed by atoms with Gasteiger partial charge in [-0.1, -0.05) is 12.1 Å². The van der Waals surface area contributed by atoms with E-state index in [2.05, 4.69) is 10.6 Å². The molecule has 0 aliphatic carbocycles. The molecule has 4 unspecified atom stereocenters. The number of carbonyl (C=O) groups excluding carboxylic acids is 4. The number of phenolic OH excluding ortho intramolecular Hbond substituents is 1. The van der Waals surface area contributed by atoms with Gasteiger partial charge in [-0.2, -0.15) is 11.8 Å². The van der Waals surface area contributed by atoms with Gasteiger partial charge in [0.2, 0.25) is 23.6 Å². The molecule has 1 heterocycles. The van der Waals surface area contributed by atoms with E-state index in [0.29, 0.717) is 30.6 Å².